The summed E-state index contributed by atoms with van der Waals surface area (Å²) in [6, 6.07) is 0. The number of hydrogen-bond donors (Lipinski definition) is 4. The third kappa shape index (κ3) is 8.18. The first-order valence-electron chi connectivity index (χ1n) is 23.4. The van der Waals surface area contributed by atoms with E-state index < -0.39 is 11.9 Å². The van der Waals surface area contributed by atoms with Crippen molar-refractivity contribution in [1.82, 2.24) is 0 Å². The molecule has 8 aliphatic rings. The zero-order chi connectivity index (χ0) is 40.5. The summed E-state index contributed by atoms with van der Waals surface area (Å²) in [6.45, 7) is 14.2. The monoisotopic (exact) mass is 807 g/mol. The number of aliphatic hydroxyl groups is 4. The zero-order valence-corrected chi connectivity index (χ0v) is 37.9. The summed E-state index contributed by atoms with van der Waals surface area (Å²) in [4.78, 5) is 21.9. The van der Waals surface area contributed by atoms with Crippen LogP contribution in [0, 0.1) is 92.7 Å². The summed E-state index contributed by atoms with van der Waals surface area (Å²) < 4.78 is 0. The molecule has 57 heavy (non-hydrogen) atoms. The van der Waals surface area contributed by atoms with Crippen molar-refractivity contribution in [2.75, 3.05) is 0 Å². The van der Waals surface area contributed by atoms with Crippen molar-refractivity contribution >= 4 is 35.0 Å². The van der Waals surface area contributed by atoms with Crippen LogP contribution in [0.2, 0.25) is 0 Å². The van der Waals surface area contributed by atoms with Crippen LogP contribution >= 0.6 is 0 Å². The van der Waals surface area contributed by atoms with Gasteiger partial charge in [-0.2, -0.15) is 0 Å². The maximum Gasteiger partial charge on any atom is 2.00 e. The van der Waals surface area contributed by atoms with E-state index in [4.69, 9.17) is 0 Å². The first-order chi connectivity index (χ1) is 26.3. The van der Waals surface area contributed by atoms with E-state index in [1.165, 1.54) is 51.4 Å². The molecule has 0 unspecified atom stereocenters. The third-order valence-electron chi connectivity index (χ3n) is 20.4. The van der Waals surface area contributed by atoms with Crippen LogP contribution in [0.1, 0.15) is 170 Å². The Labute approximate surface area is 360 Å². The van der Waals surface area contributed by atoms with Crippen LogP contribution in [-0.2, 0) is 9.59 Å². The van der Waals surface area contributed by atoms with Gasteiger partial charge in [-0.1, -0.05) is 41.5 Å². The van der Waals surface area contributed by atoms with E-state index in [-0.39, 0.29) is 82.0 Å². The topological polar surface area (TPSA) is 161 Å². The SMILES string of the molecule is C[C@H](CCC(=O)[O-])[C@H]1CC[C@H]2[C@@H]3[C@H](O)C[C@@H]4C[C@H](O)CC[C@]4(C)[C@H]3CC[C@]12C.C[C@H](CCC(=O)[O-])[C@H]1CC[C@H]2[C@@H]3[C@H](O)C[C@@H]4C[C@H](O)CC[C@]4(C)[C@H]3CC[C@]12C.[Mg+2]. The van der Waals surface area contributed by atoms with Crippen LogP contribution in [0.3, 0.4) is 0 Å². The number of carboxylic acid groups (broad SMARTS) is 2. The Bertz CT molecular complexity index is 1320. The zero-order valence-electron chi connectivity index (χ0n) is 36.5. The molecule has 0 heterocycles. The number of hydrogen-bond acceptors (Lipinski definition) is 8. The molecule has 20 atom stereocenters. The minimum absolute atomic E-state index is 0. The number of carbonyl (C=O) groups is 2. The van der Waals surface area contributed by atoms with Crippen molar-refractivity contribution in [3.8, 4) is 0 Å². The van der Waals surface area contributed by atoms with Crippen LogP contribution < -0.4 is 10.2 Å². The van der Waals surface area contributed by atoms with Gasteiger partial charge in [0.25, 0.3) is 0 Å². The van der Waals surface area contributed by atoms with Gasteiger partial charge in [-0.05, 0) is 221 Å². The fraction of sp³-hybridized carbons (Fsp3) is 0.958. The molecule has 8 saturated carbocycles. The van der Waals surface area contributed by atoms with Crippen molar-refractivity contribution in [2.45, 2.75) is 194 Å². The second-order valence-corrected chi connectivity index (χ2v) is 22.7. The van der Waals surface area contributed by atoms with Gasteiger partial charge < -0.3 is 40.2 Å². The molecule has 0 bridgehead atoms. The average Bonchev–Trinajstić information content (AvgIpc) is 3.68. The Morgan fingerprint density at radius 3 is 1.21 bits per heavy atom. The van der Waals surface area contributed by atoms with E-state index in [9.17, 15) is 40.2 Å². The van der Waals surface area contributed by atoms with Crippen LogP contribution in [-0.4, -0.2) is 79.8 Å². The molecule has 8 nitrogen and oxygen atoms in total. The van der Waals surface area contributed by atoms with E-state index in [1.807, 2.05) is 0 Å². The standard InChI is InChI=1S/2C24H40O4.Mg/c2*1-14(4-7-21(27)28)17-5-6-18-22-19(9-11-24(17,18)3)23(2)10-8-16(25)12-15(23)13-20(22)26;/h2*14-20,22,25-26H,4-13H2,1-3H3,(H,27,28);/q;;+2/p-2/t2*14-,15+,16-,17-,18+,19+,20-,22+,23+,24-;/m11./s1. The Kier molecular flexibility index (Phi) is 14.0. The molecule has 0 aromatic heterocycles. The molecular weight excluding hydrogens is 729 g/mol. The molecule has 8 aliphatic carbocycles. The van der Waals surface area contributed by atoms with E-state index in [0.717, 1.165) is 51.4 Å². The summed E-state index contributed by atoms with van der Waals surface area (Å²) in [5, 5.41) is 64.7. The van der Waals surface area contributed by atoms with Crippen molar-refractivity contribution in [1.29, 1.82) is 0 Å². The Hall–Kier alpha value is -0.454. The molecule has 8 rings (SSSR count). The van der Waals surface area contributed by atoms with E-state index in [0.29, 0.717) is 83.9 Å². The number of carbonyl (C=O) groups excluding carboxylic acids is 2. The number of aliphatic carboxylic acids is 2. The van der Waals surface area contributed by atoms with Crippen molar-refractivity contribution < 1.29 is 40.2 Å². The average molecular weight is 807 g/mol. The summed E-state index contributed by atoms with van der Waals surface area (Å²) >= 11 is 0. The smallest absolute Gasteiger partial charge is 0.550 e. The number of aliphatic hydroxyl groups excluding tert-OH is 4. The normalized spacial score (nSPS) is 50.8. The molecule has 0 radical (unpaired) electrons. The third-order valence-corrected chi connectivity index (χ3v) is 20.4. The van der Waals surface area contributed by atoms with Crippen molar-refractivity contribution in [3.63, 3.8) is 0 Å². The maximum absolute atomic E-state index is 11.2. The quantitative estimate of drug-likeness (QED) is 0.221. The largest absolute Gasteiger partial charge is 2.00 e. The van der Waals surface area contributed by atoms with Gasteiger partial charge in [-0.3, -0.25) is 0 Å². The molecule has 0 saturated heterocycles. The number of rotatable bonds is 8. The van der Waals surface area contributed by atoms with Gasteiger partial charge in [0, 0.05) is 11.9 Å². The molecule has 0 spiro atoms. The van der Waals surface area contributed by atoms with Crippen LogP contribution in [0.25, 0.3) is 0 Å². The summed E-state index contributed by atoms with van der Waals surface area (Å²) in [6.07, 6.45) is 17.8. The molecule has 320 valence electrons. The van der Waals surface area contributed by atoms with E-state index in [1.54, 1.807) is 0 Å². The molecule has 0 amide bonds. The number of carboxylic acids is 2. The Morgan fingerprint density at radius 1 is 0.526 bits per heavy atom. The molecule has 0 aliphatic heterocycles. The van der Waals surface area contributed by atoms with Crippen LogP contribution in [0.5, 0.6) is 0 Å². The summed E-state index contributed by atoms with van der Waals surface area (Å²) in [7, 11) is 0. The van der Waals surface area contributed by atoms with Gasteiger partial charge in [0.05, 0.1) is 24.4 Å². The van der Waals surface area contributed by atoms with Gasteiger partial charge in [-0.25, -0.2) is 0 Å². The molecule has 0 aromatic carbocycles. The first-order valence-corrected chi connectivity index (χ1v) is 23.4. The minimum Gasteiger partial charge on any atom is -0.550 e. The van der Waals surface area contributed by atoms with E-state index >= 15 is 0 Å². The molecular formula is C48H78MgO8. The van der Waals surface area contributed by atoms with Crippen LogP contribution in [0.15, 0.2) is 0 Å². The molecule has 8 fully saturated rings. The second kappa shape index (κ2) is 17.4. The van der Waals surface area contributed by atoms with Gasteiger partial charge in [0.1, 0.15) is 0 Å². The Morgan fingerprint density at radius 2 is 0.860 bits per heavy atom. The molecule has 9 heteroatoms. The summed E-state index contributed by atoms with van der Waals surface area (Å²) in [5.74, 6) is 3.99. The maximum atomic E-state index is 11.2. The van der Waals surface area contributed by atoms with E-state index in [2.05, 4.69) is 41.5 Å². The predicted octanol–water partition coefficient (Wildman–Crippen LogP) is 5.91. The van der Waals surface area contributed by atoms with Crippen molar-refractivity contribution in [3.05, 3.63) is 0 Å². The molecule has 0 aromatic rings. The fourth-order valence-electron chi connectivity index (χ4n) is 17.4. The van der Waals surface area contributed by atoms with Gasteiger partial charge in [0.15, 0.2) is 0 Å². The van der Waals surface area contributed by atoms with Gasteiger partial charge in [0.2, 0.25) is 0 Å². The van der Waals surface area contributed by atoms with Gasteiger partial charge >= 0.3 is 23.1 Å². The Balaban J connectivity index is 0.000000189. The second-order valence-electron chi connectivity index (χ2n) is 22.7. The summed E-state index contributed by atoms with van der Waals surface area (Å²) in [5.41, 5.74) is 0.988. The van der Waals surface area contributed by atoms with Crippen molar-refractivity contribution in [2.24, 2.45) is 92.7 Å². The predicted molar refractivity (Wildman–Crippen MR) is 218 cm³/mol. The van der Waals surface area contributed by atoms with Gasteiger partial charge in [-0.15, -0.1) is 0 Å². The fourth-order valence-corrected chi connectivity index (χ4v) is 17.4. The number of fused-ring (bicyclic) bond motifs is 10. The minimum atomic E-state index is -0.934. The van der Waals surface area contributed by atoms with Crippen LogP contribution in [0.4, 0.5) is 0 Å². The first kappa shape index (κ1) is 46.1. The molecule has 4 N–H and O–H groups in total.